The number of piperazine rings is 1. The number of aromatic nitrogens is 1. The highest BCUT2D eigenvalue weighted by Gasteiger charge is 2.26. The highest BCUT2D eigenvalue weighted by Crippen LogP contribution is 2.38. The van der Waals surface area contributed by atoms with Crippen molar-refractivity contribution >= 4 is 34.6 Å². The van der Waals surface area contributed by atoms with Crippen LogP contribution in [-0.4, -0.2) is 59.0 Å². The molecule has 1 aliphatic heterocycles. The lowest BCUT2D eigenvalue weighted by atomic mass is 9.84. The van der Waals surface area contributed by atoms with E-state index in [0.29, 0.717) is 54.2 Å². The molecule has 200 valence electrons. The molecule has 38 heavy (non-hydrogen) atoms. The first-order chi connectivity index (χ1) is 18.3. The average molecular weight is 518 g/mol. The molecule has 1 aliphatic carbocycles. The van der Waals surface area contributed by atoms with Gasteiger partial charge in [0.15, 0.2) is 0 Å². The molecule has 2 aliphatic rings. The van der Waals surface area contributed by atoms with E-state index < -0.39 is 5.82 Å². The SMILES string of the molecule is CC(=O)N1CCN(C(=O)c2ccc(-c3nc4ccc(N)c(C=N)c4c4c3CCCC4)c(F)c2)CC1.CCC. The number of fused-ring (bicyclic) bond motifs is 3. The number of nitrogens with zero attached hydrogens (tertiary/aromatic N) is 3. The Morgan fingerprint density at radius 1 is 1.03 bits per heavy atom. The lowest BCUT2D eigenvalue weighted by Gasteiger charge is -2.34. The summed E-state index contributed by atoms with van der Waals surface area (Å²) in [5, 5.41) is 8.75. The molecule has 1 saturated heterocycles. The maximum Gasteiger partial charge on any atom is 0.254 e. The van der Waals surface area contributed by atoms with Gasteiger partial charge in [-0.3, -0.25) is 9.59 Å². The minimum Gasteiger partial charge on any atom is -0.398 e. The number of aryl methyl sites for hydroxylation is 1. The van der Waals surface area contributed by atoms with Crippen LogP contribution in [-0.2, 0) is 17.6 Å². The van der Waals surface area contributed by atoms with Crippen LogP contribution >= 0.6 is 0 Å². The molecule has 3 N–H and O–H groups in total. The number of rotatable bonds is 3. The topological polar surface area (TPSA) is 103 Å². The van der Waals surface area contributed by atoms with E-state index in [1.807, 2.05) is 6.07 Å². The van der Waals surface area contributed by atoms with Crippen molar-refractivity contribution in [3.63, 3.8) is 0 Å². The van der Waals surface area contributed by atoms with Crippen LogP contribution < -0.4 is 5.73 Å². The Balaban J connectivity index is 0.00000107. The van der Waals surface area contributed by atoms with Crippen LogP contribution in [0.5, 0.6) is 0 Å². The molecule has 0 radical (unpaired) electrons. The normalized spacial score (nSPS) is 14.9. The molecule has 2 amide bonds. The Morgan fingerprint density at radius 3 is 2.26 bits per heavy atom. The summed E-state index contributed by atoms with van der Waals surface area (Å²) in [6.07, 6.45) is 6.13. The monoisotopic (exact) mass is 517 g/mol. The van der Waals surface area contributed by atoms with Gasteiger partial charge in [0, 0.05) is 67.1 Å². The molecule has 2 aromatic carbocycles. The first-order valence-corrected chi connectivity index (χ1v) is 13.4. The second kappa shape index (κ2) is 11.7. The zero-order valence-electron chi connectivity index (χ0n) is 22.4. The van der Waals surface area contributed by atoms with Crippen LogP contribution in [0.4, 0.5) is 10.1 Å². The van der Waals surface area contributed by atoms with Gasteiger partial charge in [0.05, 0.1) is 11.2 Å². The maximum absolute atomic E-state index is 15.5. The Hall–Kier alpha value is -3.81. The second-order valence-electron chi connectivity index (χ2n) is 9.93. The molecule has 5 rings (SSSR count). The third-order valence-electron chi connectivity index (χ3n) is 7.17. The van der Waals surface area contributed by atoms with Gasteiger partial charge in [-0.05, 0) is 67.1 Å². The largest absolute Gasteiger partial charge is 0.398 e. The van der Waals surface area contributed by atoms with Crippen molar-refractivity contribution in [2.24, 2.45) is 0 Å². The molecule has 0 saturated carbocycles. The zero-order valence-corrected chi connectivity index (χ0v) is 22.4. The molecule has 7 nitrogen and oxygen atoms in total. The van der Waals surface area contributed by atoms with Gasteiger partial charge in [0.25, 0.3) is 5.91 Å². The van der Waals surface area contributed by atoms with Gasteiger partial charge in [0.1, 0.15) is 5.82 Å². The Bertz CT molecular complexity index is 1380. The Labute approximate surface area is 223 Å². The first kappa shape index (κ1) is 27.2. The summed E-state index contributed by atoms with van der Waals surface area (Å²) in [5.74, 6) is -0.729. The molecular weight excluding hydrogens is 481 g/mol. The Morgan fingerprint density at radius 2 is 1.66 bits per heavy atom. The number of hydrogen-bond donors (Lipinski definition) is 2. The number of nitrogen functional groups attached to an aromatic ring is 1. The van der Waals surface area contributed by atoms with Crippen LogP contribution in [0.15, 0.2) is 30.3 Å². The average Bonchev–Trinajstić information content (AvgIpc) is 2.93. The molecule has 0 unspecified atom stereocenters. The van der Waals surface area contributed by atoms with E-state index in [0.717, 1.165) is 42.2 Å². The fourth-order valence-electron chi connectivity index (χ4n) is 5.29. The van der Waals surface area contributed by atoms with E-state index in [1.54, 1.807) is 28.0 Å². The zero-order chi connectivity index (χ0) is 27.4. The number of halogens is 1. The van der Waals surface area contributed by atoms with E-state index >= 15 is 4.39 Å². The van der Waals surface area contributed by atoms with Crippen molar-refractivity contribution in [1.82, 2.24) is 14.8 Å². The number of amides is 2. The molecule has 1 fully saturated rings. The first-order valence-electron chi connectivity index (χ1n) is 13.4. The summed E-state index contributed by atoms with van der Waals surface area (Å²) in [6.45, 7) is 7.60. The molecule has 8 heteroatoms. The van der Waals surface area contributed by atoms with Crippen LogP contribution in [0.3, 0.4) is 0 Å². The predicted molar refractivity (Wildman–Crippen MR) is 150 cm³/mol. The molecular formula is C30H36FN5O2. The quantitative estimate of drug-likeness (QED) is 0.367. The van der Waals surface area contributed by atoms with Gasteiger partial charge < -0.3 is 20.9 Å². The van der Waals surface area contributed by atoms with Crippen molar-refractivity contribution in [2.75, 3.05) is 31.9 Å². The Kier molecular flexibility index (Phi) is 8.39. The van der Waals surface area contributed by atoms with Gasteiger partial charge in [0.2, 0.25) is 5.91 Å². The fraction of sp³-hybridized carbons (Fsp3) is 0.400. The van der Waals surface area contributed by atoms with E-state index in [2.05, 4.69) is 13.8 Å². The van der Waals surface area contributed by atoms with E-state index in [-0.39, 0.29) is 17.4 Å². The van der Waals surface area contributed by atoms with Crippen molar-refractivity contribution in [2.45, 2.75) is 52.9 Å². The number of carbonyl (C=O) groups excluding carboxylic acids is 2. The molecule has 0 bridgehead atoms. The molecule has 0 atom stereocenters. The highest BCUT2D eigenvalue weighted by molar-refractivity contribution is 6.05. The second-order valence-corrected chi connectivity index (χ2v) is 9.93. The van der Waals surface area contributed by atoms with Crippen LogP contribution in [0.1, 0.15) is 67.1 Å². The number of anilines is 1. The van der Waals surface area contributed by atoms with Crippen LogP contribution in [0.25, 0.3) is 22.2 Å². The number of nitrogens with two attached hydrogens (primary N) is 1. The third kappa shape index (κ3) is 5.26. The molecule has 2 heterocycles. The van der Waals surface area contributed by atoms with E-state index in [4.69, 9.17) is 16.1 Å². The summed E-state index contributed by atoms with van der Waals surface area (Å²) < 4.78 is 15.5. The minimum absolute atomic E-state index is 0.00543. The number of nitrogens with one attached hydrogen (secondary N) is 1. The van der Waals surface area contributed by atoms with Gasteiger partial charge in [-0.1, -0.05) is 20.3 Å². The molecule has 0 spiro atoms. The number of pyridine rings is 1. The summed E-state index contributed by atoms with van der Waals surface area (Å²) in [4.78, 5) is 32.7. The van der Waals surface area contributed by atoms with E-state index in [9.17, 15) is 9.59 Å². The number of carbonyl (C=O) groups is 2. The lowest BCUT2D eigenvalue weighted by Crippen LogP contribution is -2.50. The fourth-order valence-corrected chi connectivity index (χ4v) is 5.29. The summed E-state index contributed by atoms with van der Waals surface area (Å²) in [5.41, 5.74) is 11.4. The van der Waals surface area contributed by atoms with Gasteiger partial charge >= 0.3 is 0 Å². The van der Waals surface area contributed by atoms with E-state index in [1.165, 1.54) is 25.6 Å². The summed E-state index contributed by atoms with van der Waals surface area (Å²) >= 11 is 0. The standard InChI is InChI=1S/C27H28FN5O2.C3H8/c1-16(34)32-10-12-33(13-11-32)27(35)17-6-7-20(22(28)14-17)26-19-5-3-2-4-18(19)25-21(15-29)23(30)8-9-24(25)31-26;1-3-2/h6-9,14-15,29H,2-5,10-13,30H2,1H3;3H2,1-2H3. The summed E-state index contributed by atoms with van der Waals surface area (Å²) in [6, 6.07) is 8.16. The predicted octanol–water partition coefficient (Wildman–Crippen LogP) is 5.22. The molecule has 3 aromatic rings. The highest BCUT2D eigenvalue weighted by atomic mass is 19.1. The summed E-state index contributed by atoms with van der Waals surface area (Å²) in [7, 11) is 0. The van der Waals surface area contributed by atoms with Crippen molar-refractivity contribution < 1.29 is 14.0 Å². The van der Waals surface area contributed by atoms with Gasteiger partial charge in [-0.15, -0.1) is 0 Å². The van der Waals surface area contributed by atoms with Crippen molar-refractivity contribution in [3.05, 3.63) is 58.4 Å². The smallest absolute Gasteiger partial charge is 0.254 e. The van der Waals surface area contributed by atoms with Crippen LogP contribution in [0.2, 0.25) is 0 Å². The molecule has 1 aromatic heterocycles. The third-order valence-corrected chi connectivity index (χ3v) is 7.17. The van der Waals surface area contributed by atoms with Crippen LogP contribution in [0, 0.1) is 11.2 Å². The lowest BCUT2D eigenvalue weighted by molar-refractivity contribution is -0.130. The van der Waals surface area contributed by atoms with Gasteiger partial charge in [-0.2, -0.15) is 0 Å². The minimum atomic E-state index is -0.486. The van der Waals surface area contributed by atoms with Gasteiger partial charge in [-0.25, -0.2) is 9.37 Å². The van der Waals surface area contributed by atoms with Crippen molar-refractivity contribution in [3.8, 4) is 11.3 Å². The van der Waals surface area contributed by atoms with Crippen molar-refractivity contribution in [1.29, 1.82) is 5.41 Å². The number of benzene rings is 2. The number of hydrogen-bond acceptors (Lipinski definition) is 5. The maximum atomic E-state index is 15.5.